The van der Waals surface area contributed by atoms with Gasteiger partial charge in [0.05, 0.1) is 37.9 Å². The molecule has 3 aliphatic rings. The van der Waals surface area contributed by atoms with E-state index in [1.807, 2.05) is 48.2 Å². The van der Waals surface area contributed by atoms with E-state index in [1.54, 1.807) is 6.92 Å². The number of nitrogens with zero attached hydrogens (tertiary/aromatic N) is 5. The van der Waals surface area contributed by atoms with Crippen molar-refractivity contribution in [3.63, 3.8) is 0 Å². The lowest BCUT2D eigenvalue weighted by Crippen LogP contribution is -2.69. The van der Waals surface area contributed by atoms with Crippen molar-refractivity contribution in [2.75, 3.05) is 66.3 Å². The van der Waals surface area contributed by atoms with Gasteiger partial charge >= 0.3 is 12.2 Å². The molecule has 3 fully saturated rings. The number of fused-ring (bicyclic) bond motifs is 1. The number of ether oxygens (including phenoxy) is 4. The van der Waals surface area contributed by atoms with Crippen molar-refractivity contribution in [1.82, 2.24) is 24.7 Å². The van der Waals surface area contributed by atoms with Crippen LogP contribution in [0.1, 0.15) is 42.9 Å². The molecule has 1 aromatic heterocycles. The number of rotatable bonds is 12. The monoisotopic (exact) mass is 683 g/mol. The van der Waals surface area contributed by atoms with Gasteiger partial charge < -0.3 is 23.8 Å². The molecule has 1 amide bonds. The van der Waals surface area contributed by atoms with E-state index in [0.717, 1.165) is 11.1 Å². The van der Waals surface area contributed by atoms with Gasteiger partial charge in [0.15, 0.2) is 6.61 Å². The SMILES string of the molecule is CCOc1nc(OC)c(CN2CC3CN(C(=O)C4(CC)COC4)CCN3C(C(c3ccccc3)c3ccccc3)C2)c(OCC(F)(F)F)n1. The maximum absolute atomic E-state index is 13.9. The summed E-state index contributed by atoms with van der Waals surface area (Å²) < 4.78 is 61.9. The van der Waals surface area contributed by atoms with Crippen LogP contribution in [0.25, 0.3) is 0 Å². The first-order valence-corrected chi connectivity index (χ1v) is 16.9. The van der Waals surface area contributed by atoms with Crippen molar-refractivity contribution in [1.29, 1.82) is 0 Å². The Morgan fingerprint density at radius 3 is 2.14 bits per heavy atom. The third-order valence-corrected chi connectivity index (χ3v) is 9.88. The summed E-state index contributed by atoms with van der Waals surface area (Å²) in [5, 5.41) is 0. The van der Waals surface area contributed by atoms with Crippen molar-refractivity contribution >= 4 is 5.91 Å². The van der Waals surface area contributed by atoms with Gasteiger partial charge in [-0.25, -0.2) is 0 Å². The van der Waals surface area contributed by atoms with E-state index in [2.05, 4.69) is 44.0 Å². The van der Waals surface area contributed by atoms with Crippen LogP contribution in [0.3, 0.4) is 0 Å². The van der Waals surface area contributed by atoms with E-state index in [9.17, 15) is 18.0 Å². The third kappa shape index (κ3) is 7.63. The smallest absolute Gasteiger partial charge is 0.422 e. The van der Waals surface area contributed by atoms with Crippen LogP contribution < -0.4 is 14.2 Å². The number of alkyl halides is 3. The molecule has 0 bridgehead atoms. The summed E-state index contributed by atoms with van der Waals surface area (Å²) in [6, 6.07) is 20.5. The molecule has 13 heteroatoms. The van der Waals surface area contributed by atoms with Crippen molar-refractivity contribution in [2.45, 2.75) is 51.0 Å². The third-order valence-electron chi connectivity index (χ3n) is 9.88. The number of piperazine rings is 2. The van der Waals surface area contributed by atoms with Crippen LogP contribution in [0.2, 0.25) is 0 Å². The molecule has 2 atom stereocenters. The van der Waals surface area contributed by atoms with E-state index in [-0.39, 0.29) is 54.8 Å². The highest BCUT2D eigenvalue weighted by Gasteiger charge is 2.49. The fraction of sp³-hybridized carbons (Fsp3) is 0.528. The molecule has 4 heterocycles. The first kappa shape index (κ1) is 34.9. The van der Waals surface area contributed by atoms with Gasteiger partial charge in [-0.2, -0.15) is 23.1 Å². The van der Waals surface area contributed by atoms with Crippen LogP contribution in [0.5, 0.6) is 17.8 Å². The Hall–Kier alpha value is -3.94. The van der Waals surface area contributed by atoms with Crippen LogP contribution in [-0.2, 0) is 16.1 Å². The lowest BCUT2D eigenvalue weighted by Gasteiger charge is -2.55. The molecule has 0 aliphatic carbocycles. The molecule has 49 heavy (non-hydrogen) atoms. The molecule has 2 aromatic carbocycles. The second-order valence-electron chi connectivity index (χ2n) is 13.0. The predicted octanol–water partition coefficient (Wildman–Crippen LogP) is 4.78. The molecule has 3 saturated heterocycles. The van der Waals surface area contributed by atoms with Crippen LogP contribution in [0.4, 0.5) is 13.2 Å². The van der Waals surface area contributed by atoms with Gasteiger partial charge in [0.1, 0.15) is 0 Å². The number of halogens is 3. The Morgan fingerprint density at radius 1 is 0.939 bits per heavy atom. The number of methoxy groups -OCH3 is 1. The van der Waals surface area contributed by atoms with Gasteiger partial charge in [-0.15, -0.1) is 0 Å². The maximum Gasteiger partial charge on any atom is 0.422 e. The van der Waals surface area contributed by atoms with Gasteiger partial charge in [-0.1, -0.05) is 67.6 Å². The van der Waals surface area contributed by atoms with Crippen molar-refractivity contribution in [2.24, 2.45) is 5.41 Å². The predicted molar refractivity (Wildman–Crippen MR) is 176 cm³/mol. The van der Waals surface area contributed by atoms with E-state index in [4.69, 9.17) is 18.9 Å². The molecule has 0 saturated carbocycles. The molecule has 2 unspecified atom stereocenters. The van der Waals surface area contributed by atoms with Gasteiger partial charge in [0, 0.05) is 57.3 Å². The first-order valence-electron chi connectivity index (χ1n) is 16.9. The van der Waals surface area contributed by atoms with Gasteiger partial charge in [0.25, 0.3) is 0 Å². The van der Waals surface area contributed by atoms with Crippen LogP contribution in [-0.4, -0.2) is 115 Å². The summed E-state index contributed by atoms with van der Waals surface area (Å²) >= 11 is 0. The average Bonchev–Trinajstić information content (AvgIpc) is 3.08. The Kier molecular flexibility index (Phi) is 10.6. The Morgan fingerprint density at radius 2 is 1.59 bits per heavy atom. The van der Waals surface area contributed by atoms with Gasteiger partial charge in [0.2, 0.25) is 17.7 Å². The Labute approximate surface area is 285 Å². The number of carbonyl (C=O) groups excluding carboxylic acids is 1. The summed E-state index contributed by atoms with van der Waals surface area (Å²) in [5.74, 6) is -0.0322. The lowest BCUT2D eigenvalue weighted by molar-refractivity contribution is -0.177. The number of hydrogen-bond donors (Lipinski definition) is 0. The van der Waals surface area contributed by atoms with Crippen molar-refractivity contribution < 1.29 is 36.9 Å². The van der Waals surface area contributed by atoms with Crippen LogP contribution in [0, 0.1) is 5.41 Å². The maximum atomic E-state index is 13.9. The summed E-state index contributed by atoms with van der Waals surface area (Å²) in [6.45, 7) is 6.47. The van der Waals surface area contributed by atoms with E-state index < -0.39 is 18.2 Å². The first-order chi connectivity index (χ1) is 23.6. The molecular formula is C36H44F3N5O5. The highest BCUT2D eigenvalue weighted by Crippen LogP contribution is 2.39. The highest BCUT2D eigenvalue weighted by molar-refractivity contribution is 5.84. The Balaban J connectivity index is 1.37. The summed E-state index contributed by atoms with van der Waals surface area (Å²) in [6.07, 6.45) is -3.86. The molecule has 10 nitrogen and oxygen atoms in total. The number of carbonyl (C=O) groups is 1. The zero-order chi connectivity index (χ0) is 34.6. The zero-order valence-electron chi connectivity index (χ0n) is 28.2. The normalized spacial score (nSPS) is 21.2. The molecule has 0 radical (unpaired) electrons. The minimum atomic E-state index is -4.57. The summed E-state index contributed by atoms with van der Waals surface area (Å²) in [4.78, 5) is 29.1. The minimum absolute atomic E-state index is 0.0172. The summed E-state index contributed by atoms with van der Waals surface area (Å²) in [5.41, 5.74) is 2.14. The number of hydrogen-bond acceptors (Lipinski definition) is 9. The molecule has 6 rings (SSSR count). The molecule has 3 aromatic rings. The van der Waals surface area contributed by atoms with E-state index in [0.29, 0.717) is 57.9 Å². The van der Waals surface area contributed by atoms with Gasteiger partial charge in [-0.05, 0) is 24.5 Å². The number of amides is 1. The quantitative estimate of drug-likeness (QED) is 0.268. The Bertz CT molecular complexity index is 1510. The molecule has 0 spiro atoms. The van der Waals surface area contributed by atoms with Gasteiger partial charge in [-0.3, -0.25) is 14.6 Å². The fourth-order valence-corrected chi connectivity index (χ4v) is 7.36. The van der Waals surface area contributed by atoms with E-state index in [1.165, 1.54) is 7.11 Å². The standard InChI is InChI=1S/C36H44F3N5O5/c1-4-35(22-47-23-35)33(45)43-16-17-44-27(19-43)18-42(21-29(44)30(25-12-8-6-9-13-25)26-14-10-7-11-15-26)20-28-31(46-3)40-34(48-5-2)41-32(28)49-24-36(37,38)39/h6-15,27,29-30H,4-5,16-24H2,1-3H3. The highest BCUT2D eigenvalue weighted by atomic mass is 19.4. The van der Waals surface area contributed by atoms with Crippen LogP contribution >= 0.6 is 0 Å². The molecular weight excluding hydrogens is 639 g/mol. The van der Waals surface area contributed by atoms with Crippen LogP contribution in [0.15, 0.2) is 60.7 Å². The molecule has 0 N–H and O–H groups in total. The van der Waals surface area contributed by atoms with Crippen molar-refractivity contribution in [3.8, 4) is 17.8 Å². The second kappa shape index (κ2) is 14.9. The summed E-state index contributed by atoms with van der Waals surface area (Å²) in [7, 11) is 1.41. The number of benzene rings is 2. The molecule has 3 aliphatic heterocycles. The molecule has 264 valence electrons. The van der Waals surface area contributed by atoms with E-state index >= 15 is 0 Å². The van der Waals surface area contributed by atoms with Crippen molar-refractivity contribution in [3.05, 3.63) is 77.4 Å². The largest absolute Gasteiger partial charge is 0.481 e. The average molecular weight is 684 g/mol. The lowest BCUT2D eigenvalue weighted by atomic mass is 9.80. The second-order valence-corrected chi connectivity index (χ2v) is 13.0. The topological polar surface area (TPSA) is 89.5 Å². The number of aromatic nitrogens is 2. The fourth-order valence-electron chi connectivity index (χ4n) is 7.36. The minimum Gasteiger partial charge on any atom is -0.481 e. The zero-order valence-corrected chi connectivity index (χ0v) is 28.2.